The zero-order valence-corrected chi connectivity index (χ0v) is 20.1. The summed E-state index contributed by atoms with van der Waals surface area (Å²) in [6, 6.07) is 1.57. The molecular formula is C24H37N3O8. The SMILES string of the molecule is Nc1ccn([C@@H]2O[C@@H](CO[C@@H]3CCCCO3)[C@@H](O[C@@H]3CCCCO3)[C@H]2O[C@@H]2CCCCO2)c(=O)n1. The lowest BCUT2D eigenvalue weighted by molar-refractivity contribution is -0.251. The normalized spacial score (nSPS) is 36.3. The van der Waals surface area contributed by atoms with Crippen LogP contribution in [0.3, 0.4) is 0 Å². The number of nitrogens with two attached hydrogens (primary N) is 1. The average Bonchev–Trinajstić information content (AvgIpc) is 3.21. The number of ether oxygens (including phenoxy) is 7. The maximum atomic E-state index is 12.8. The van der Waals surface area contributed by atoms with E-state index in [1.165, 1.54) is 4.57 Å². The summed E-state index contributed by atoms with van der Waals surface area (Å²) in [6.07, 6.45) is 6.60. The third-order valence-corrected chi connectivity index (χ3v) is 6.89. The molecule has 2 N–H and O–H groups in total. The minimum absolute atomic E-state index is 0.148. The lowest BCUT2D eigenvalue weighted by Gasteiger charge is -2.34. The van der Waals surface area contributed by atoms with Crippen LogP contribution < -0.4 is 11.4 Å². The summed E-state index contributed by atoms with van der Waals surface area (Å²) in [7, 11) is 0. The number of aromatic nitrogens is 2. The molecule has 0 aromatic carbocycles. The van der Waals surface area contributed by atoms with Crippen LogP contribution in [0.2, 0.25) is 0 Å². The molecule has 11 nitrogen and oxygen atoms in total. The maximum absolute atomic E-state index is 12.8. The Bertz CT molecular complexity index is 851. The van der Waals surface area contributed by atoms with Crippen molar-refractivity contribution in [3.63, 3.8) is 0 Å². The van der Waals surface area contributed by atoms with Gasteiger partial charge >= 0.3 is 5.69 Å². The quantitative estimate of drug-likeness (QED) is 0.573. The molecule has 1 aromatic rings. The van der Waals surface area contributed by atoms with E-state index in [0.717, 1.165) is 57.8 Å². The third-order valence-electron chi connectivity index (χ3n) is 6.89. The van der Waals surface area contributed by atoms with Gasteiger partial charge in [-0.05, 0) is 63.9 Å². The van der Waals surface area contributed by atoms with E-state index in [2.05, 4.69) is 4.98 Å². The van der Waals surface area contributed by atoms with E-state index < -0.39 is 36.5 Å². The first kappa shape index (κ1) is 25.1. The molecule has 0 saturated carbocycles. The largest absolute Gasteiger partial charge is 0.383 e. The molecule has 7 atom stereocenters. The van der Waals surface area contributed by atoms with E-state index >= 15 is 0 Å². The van der Waals surface area contributed by atoms with Crippen molar-refractivity contribution in [1.82, 2.24) is 9.55 Å². The van der Waals surface area contributed by atoms with Crippen LogP contribution in [0, 0.1) is 0 Å². The summed E-state index contributed by atoms with van der Waals surface area (Å²) in [5.41, 5.74) is 5.21. The van der Waals surface area contributed by atoms with E-state index in [4.69, 9.17) is 38.9 Å². The monoisotopic (exact) mass is 495 g/mol. The van der Waals surface area contributed by atoms with E-state index in [9.17, 15) is 4.79 Å². The van der Waals surface area contributed by atoms with Crippen molar-refractivity contribution in [3.05, 3.63) is 22.7 Å². The van der Waals surface area contributed by atoms with Crippen molar-refractivity contribution < 1.29 is 33.2 Å². The topological polar surface area (TPSA) is 126 Å². The van der Waals surface area contributed by atoms with Gasteiger partial charge in [0.2, 0.25) is 0 Å². The zero-order chi connectivity index (χ0) is 24.0. The van der Waals surface area contributed by atoms with E-state index in [0.29, 0.717) is 19.8 Å². The smallest absolute Gasteiger partial charge is 0.351 e. The van der Waals surface area contributed by atoms with Crippen molar-refractivity contribution in [2.24, 2.45) is 0 Å². The average molecular weight is 496 g/mol. The van der Waals surface area contributed by atoms with Gasteiger partial charge in [0.1, 0.15) is 24.1 Å². The number of hydrogen-bond donors (Lipinski definition) is 1. The van der Waals surface area contributed by atoms with Gasteiger partial charge in [0.25, 0.3) is 0 Å². The molecule has 0 amide bonds. The van der Waals surface area contributed by atoms with Gasteiger partial charge in [-0.3, -0.25) is 4.57 Å². The molecule has 4 aliphatic heterocycles. The Morgan fingerprint density at radius 2 is 1.49 bits per heavy atom. The van der Waals surface area contributed by atoms with Gasteiger partial charge in [0.05, 0.1) is 6.61 Å². The molecule has 0 aliphatic carbocycles. The first-order chi connectivity index (χ1) is 17.2. The standard InChI is InChI=1S/C24H37N3O8/c25-17-10-11-27(24(28)26-17)23-22(35-20-9-3-6-14-31-20)21(34-19-8-2-5-13-30-19)16(33-23)15-32-18-7-1-4-12-29-18/h10-11,16,18-23H,1-9,12-15H2,(H2,25,26,28)/t16-,18+,19+,20+,21+,22+,23+/m0/s1. The van der Waals surface area contributed by atoms with Gasteiger partial charge in [-0.1, -0.05) is 0 Å². The van der Waals surface area contributed by atoms with Crippen molar-refractivity contribution >= 4 is 5.82 Å². The molecule has 1 aromatic heterocycles. The molecule has 5 rings (SSSR count). The molecule has 11 heteroatoms. The van der Waals surface area contributed by atoms with E-state index in [1.54, 1.807) is 12.3 Å². The third kappa shape index (κ3) is 6.40. The first-order valence-electron chi connectivity index (χ1n) is 12.9. The molecule has 196 valence electrons. The second-order valence-corrected chi connectivity index (χ2v) is 9.53. The Labute approximate surface area is 205 Å². The first-order valence-corrected chi connectivity index (χ1v) is 12.9. The van der Waals surface area contributed by atoms with E-state index in [1.807, 2.05) is 0 Å². The van der Waals surface area contributed by atoms with Crippen molar-refractivity contribution in [3.8, 4) is 0 Å². The second kappa shape index (κ2) is 12.1. The summed E-state index contributed by atoms with van der Waals surface area (Å²) >= 11 is 0. The summed E-state index contributed by atoms with van der Waals surface area (Å²) in [4.78, 5) is 16.6. The van der Waals surface area contributed by atoms with Crippen LogP contribution in [0.15, 0.2) is 17.1 Å². The highest BCUT2D eigenvalue weighted by Crippen LogP contribution is 2.37. The van der Waals surface area contributed by atoms with Gasteiger partial charge < -0.3 is 38.9 Å². The Morgan fingerprint density at radius 1 is 0.886 bits per heavy atom. The summed E-state index contributed by atoms with van der Waals surface area (Å²) in [5.74, 6) is 0.148. The molecular weight excluding hydrogens is 458 g/mol. The van der Waals surface area contributed by atoms with Crippen molar-refractivity contribution in [1.29, 1.82) is 0 Å². The highest BCUT2D eigenvalue weighted by molar-refractivity contribution is 5.23. The molecule has 35 heavy (non-hydrogen) atoms. The van der Waals surface area contributed by atoms with Crippen LogP contribution >= 0.6 is 0 Å². The maximum Gasteiger partial charge on any atom is 0.351 e. The number of anilines is 1. The lowest BCUT2D eigenvalue weighted by atomic mass is 10.1. The van der Waals surface area contributed by atoms with Gasteiger partial charge in [-0.15, -0.1) is 0 Å². The minimum atomic E-state index is -0.782. The fraction of sp³-hybridized carbons (Fsp3) is 0.833. The molecule has 0 unspecified atom stereocenters. The summed E-state index contributed by atoms with van der Waals surface area (Å²) in [5, 5.41) is 0. The molecule has 0 spiro atoms. The van der Waals surface area contributed by atoms with Crippen LogP contribution in [0.4, 0.5) is 5.82 Å². The lowest BCUT2D eigenvalue weighted by Crippen LogP contribution is -2.45. The van der Waals surface area contributed by atoms with Crippen LogP contribution in [-0.4, -0.2) is 73.2 Å². The van der Waals surface area contributed by atoms with Crippen molar-refractivity contribution in [2.45, 2.75) is 101 Å². The Hall–Kier alpha value is -1.60. The highest BCUT2D eigenvalue weighted by Gasteiger charge is 2.50. The summed E-state index contributed by atoms with van der Waals surface area (Å²) < 4.78 is 44.3. The molecule has 4 aliphatic rings. The Balaban J connectivity index is 1.39. The second-order valence-electron chi connectivity index (χ2n) is 9.53. The molecule has 0 bridgehead atoms. The fourth-order valence-electron chi connectivity index (χ4n) is 5.03. The minimum Gasteiger partial charge on any atom is -0.383 e. The van der Waals surface area contributed by atoms with Gasteiger partial charge in [-0.25, -0.2) is 4.79 Å². The number of nitrogens with zero attached hydrogens (tertiary/aromatic N) is 2. The van der Waals surface area contributed by atoms with Gasteiger partial charge in [0, 0.05) is 26.0 Å². The molecule has 0 radical (unpaired) electrons. The predicted molar refractivity (Wildman–Crippen MR) is 123 cm³/mol. The number of hydrogen-bond acceptors (Lipinski definition) is 10. The highest BCUT2D eigenvalue weighted by atomic mass is 16.7. The van der Waals surface area contributed by atoms with Crippen LogP contribution in [0.5, 0.6) is 0 Å². The van der Waals surface area contributed by atoms with Crippen LogP contribution in [-0.2, 0) is 33.2 Å². The van der Waals surface area contributed by atoms with Crippen LogP contribution in [0.25, 0.3) is 0 Å². The predicted octanol–water partition coefficient (Wildman–Crippen LogP) is 2.09. The van der Waals surface area contributed by atoms with Crippen molar-refractivity contribution in [2.75, 3.05) is 32.2 Å². The number of nitrogen functional groups attached to an aromatic ring is 1. The van der Waals surface area contributed by atoms with E-state index in [-0.39, 0.29) is 25.0 Å². The number of rotatable bonds is 8. The van der Waals surface area contributed by atoms with Gasteiger partial charge in [0.15, 0.2) is 25.1 Å². The summed E-state index contributed by atoms with van der Waals surface area (Å²) in [6.45, 7) is 2.21. The Morgan fingerprint density at radius 3 is 2.06 bits per heavy atom. The van der Waals surface area contributed by atoms with Crippen LogP contribution in [0.1, 0.15) is 64.0 Å². The molecule has 4 saturated heterocycles. The molecule has 5 heterocycles. The van der Waals surface area contributed by atoms with Gasteiger partial charge in [-0.2, -0.15) is 4.98 Å². The zero-order valence-electron chi connectivity index (χ0n) is 20.1. The Kier molecular flexibility index (Phi) is 8.66. The molecule has 4 fully saturated rings. The fourth-order valence-corrected chi connectivity index (χ4v) is 5.03.